The van der Waals surface area contributed by atoms with Crippen LogP contribution in [-0.2, 0) is 13.1 Å². The van der Waals surface area contributed by atoms with Gasteiger partial charge in [0.1, 0.15) is 5.82 Å². The molecule has 1 aliphatic carbocycles. The zero-order chi connectivity index (χ0) is 19.8. The smallest absolute Gasteiger partial charge is 0.326 e. The summed E-state index contributed by atoms with van der Waals surface area (Å²) in [4.78, 5) is 25.1. The molecule has 1 aliphatic rings. The second kappa shape index (κ2) is 7.10. The topological polar surface area (TPSA) is 106 Å². The van der Waals surface area contributed by atoms with Crippen molar-refractivity contribution in [1.82, 2.24) is 23.7 Å². The first kappa shape index (κ1) is 17.5. The molecule has 0 saturated heterocycles. The van der Waals surface area contributed by atoms with Gasteiger partial charge in [0.05, 0.1) is 34.8 Å². The Morgan fingerprint density at radius 1 is 1.14 bits per heavy atom. The number of aromatic nitrogens is 5. The third kappa shape index (κ3) is 3.05. The maximum atomic E-state index is 13.2. The highest BCUT2D eigenvalue weighted by Crippen LogP contribution is 2.36. The van der Waals surface area contributed by atoms with Gasteiger partial charge in [0.2, 0.25) is 0 Å². The highest BCUT2D eigenvalue weighted by Gasteiger charge is 2.29. The SMILES string of the molecule is [N-]=[N+]=NCCCn1c(Cn2c(=O)n(C3CC3)c3ccncc32)nc2ccccc21. The number of benzene rings is 1. The number of pyridine rings is 1. The van der Waals surface area contributed by atoms with E-state index >= 15 is 0 Å². The Balaban J connectivity index is 1.60. The van der Waals surface area contributed by atoms with Crippen molar-refractivity contribution in [1.29, 1.82) is 0 Å². The summed E-state index contributed by atoms with van der Waals surface area (Å²) in [6.45, 7) is 1.47. The van der Waals surface area contributed by atoms with Crippen LogP contribution in [0.2, 0.25) is 0 Å². The number of para-hydroxylation sites is 2. The lowest BCUT2D eigenvalue weighted by Gasteiger charge is -2.09. The molecule has 146 valence electrons. The van der Waals surface area contributed by atoms with Crippen LogP contribution in [0, 0.1) is 0 Å². The maximum Gasteiger partial charge on any atom is 0.329 e. The van der Waals surface area contributed by atoms with E-state index in [2.05, 4.69) is 19.6 Å². The number of imidazole rings is 2. The highest BCUT2D eigenvalue weighted by atomic mass is 16.1. The van der Waals surface area contributed by atoms with Crippen LogP contribution < -0.4 is 5.69 Å². The number of nitrogens with zero attached hydrogens (tertiary/aromatic N) is 8. The standard InChI is InChI=1S/C20H20N8O/c21-25-23-9-3-11-26-16-5-2-1-4-15(16)24-19(26)13-27-18-12-22-10-8-17(18)28(20(27)29)14-6-7-14/h1-2,4-5,8,10,12,14H,3,6-7,9,11,13H2. The van der Waals surface area contributed by atoms with Crippen LogP contribution in [0.25, 0.3) is 32.5 Å². The molecule has 4 aromatic rings. The predicted octanol–water partition coefficient (Wildman–Crippen LogP) is 3.63. The summed E-state index contributed by atoms with van der Waals surface area (Å²) in [5.41, 5.74) is 12.2. The Bertz CT molecular complexity index is 1300. The third-order valence-electron chi connectivity index (χ3n) is 5.41. The van der Waals surface area contributed by atoms with Crippen molar-refractivity contribution in [3.63, 3.8) is 0 Å². The summed E-state index contributed by atoms with van der Waals surface area (Å²) in [5.74, 6) is 0.813. The molecule has 3 heterocycles. The van der Waals surface area contributed by atoms with Crippen molar-refractivity contribution in [2.75, 3.05) is 6.54 Å². The Morgan fingerprint density at radius 3 is 2.83 bits per heavy atom. The van der Waals surface area contributed by atoms with Crippen LogP contribution in [0.15, 0.2) is 52.6 Å². The summed E-state index contributed by atoms with van der Waals surface area (Å²) in [6.07, 6.45) is 6.27. The van der Waals surface area contributed by atoms with E-state index in [4.69, 9.17) is 10.5 Å². The van der Waals surface area contributed by atoms with Crippen molar-refractivity contribution < 1.29 is 0 Å². The number of hydrogen-bond acceptors (Lipinski definition) is 4. The quantitative estimate of drug-likeness (QED) is 0.209. The lowest BCUT2D eigenvalue weighted by molar-refractivity contribution is 0.596. The summed E-state index contributed by atoms with van der Waals surface area (Å²) in [6, 6.07) is 10.1. The van der Waals surface area contributed by atoms with Gasteiger partial charge in [-0.2, -0.15) is 0 Å². The molecular formula is C20H20N8O. The van der Waals surface area contributed by atoms with E-state index in [1.54, 1.807) is 17.0 Å². The molecule has 0 amide bonds. The van der Waals surface area contributed by atoms with Gasteiger partial charge in [-0.05, 0) is 43.0 Å². The molecule has 9 heteroatoms. The first-order valence-corrected chi connectivity index (χ1v) is 9.77. The molecule has 1 saturated carbocycles. The Kier molecular flexibility index (Phi) is 4.29. The minimum atomic E-state index is -0.0109. The van der Waals surface area contributed by atoms with Crippen LogP contribution >= 0.6 is 0 Å². The lowest BCUT2D eigenvalue weighted by Crippen LogP contribution is -2.25. The van der Waals surface area contributed by atoms with Gasteiger partial charge in [0, 0.05) is 30.2 Å². The first-order valence-electron chi connectivity index (χ1n) is 9.77. The van der Waals surface area contributed by atoms with Crippen molar-refractivity contribution in [2.45, 2.75) is 38.4 Å². The molecule has 1 aromatic carbocycles. The average molecular weight is 388 g/mol. The molecule has 0 radical (unpaired) electrons. The molecule has 0 atom stereocenters. The molecule has 1 fully saturated rings. The van der Waals surface area contributed by atoms with Crippen molar-refractivity contribution in [3.8, 4) is 0 Å². The Morgan fingerprint density at radius 2 is 2.00 bits per heavy atom. The van der Waals surface area contributed by atoms with Gasteiger partial charge in [0.25, 0.3) is 0 Å². The molecule has 29 heavy (non-hydrogen) atoms. The second-order valence-electron chi connectivity index (χ2n) is 7.31. The number of rotatable bonds is 7. The molecule has 3 aromatic heterocycles. The second-order valence-corrected chi connectivity index (χ2v) is 7.31. The van der Waals surface area contributed by atoms with Gasteiger partial charge >= 0.3 is 5.69 Å². The van der Waals surface area contributed by atoms with E-state index in [1.807, 2.05) is 34.9 Å². The Labute approximate surface area is 165 Å². The van der Waals surface area contributed by atoms with Crippen LogP contribution in [0.5, 0.6) is 0 Å². The predicted molar refractivity (Wildman–Crippen MR) is 110 cm³/mol. The fourth-order valence-electron chi connectivity index (χ4n) is 3.95. The monoisotopic (exact) mass is 388 g/mol. The van der Waals surface area contributed by atoms with E-state index in [1.165, 1.54) is 0 Å². The minimum Gasteiger partial charge on any atom is -0.326 e. The highest BCUT2D eigenvalue weighted by molar-refractivity contribution is 5.77. The van der Waals surface area contributed by atoms with Crippen LogP contribution in [0.4, 0.5) is 0 Å². The van der Waals surface area contributed by atoms with E-state index in [-0.39, 0.29) is 11.7 Å². The van der Waals surface area contributed by atoms with E-state index in [0.717, 1.165) is 40.7 Å². The number of aryl methyl sites for hydroxylation is 1. The molecule has 9 nitrogen and oxygen atoms in total. The maximum absolute atomic E-state index is 13.2. The van der Waals surface area contributed by atoms with Crippen LogP contribution in [-0.4, -0.2) is 30.2 Å². The summed E-state index contributed by atoms with van der Waals surface area (Å²) < 4.78 is 5.78. The first-order chi connectivity index (χ1) is 14.3. The fraction of sp³-hybridized carbons (Fsp3) is 0.350. The van der Waals surface area contributed by atoms with E-state index in [9.17, 15) is 4.79 Å². The summed E-state index contributed by atoms with van der Waals surface area (Å²) in [7, 11) is 0. The van der Waals surface area contributed by atoms with Gasteiger partial charge in [-0.1, -0.05) is 17.2 Å². The van der Waals surface area contributed by atoms with Crippen LogP contribution in [0.1, 0.15) is 31.1 Å². The number of azide groups is 1. The molecule has 0 spiro atoms. The van der Waals surface area contributed by atoms with Crippen molar-refractivity contribution in [2.24, 2.45) is 5.11 Å². The Hall–Kier alpha value is -3.58. The van der Waals surface area contributed by atoms with E-state index in [0.29, 0.717) is 26.1 Å². The third-order valence-corrected chi connectivity index (χ3v) is 5.41. The van der Waals surface area contributed by atoms with Gasteiger partial charge in [-0.25, -0.2) is 9.78 Å². The average Bonchev–Trinajstić information content (AvgIpc) is 3.46. The van der Waals surface area contributed by atoms with Gasteiger partial charge in [-0.3, -0.25) is 14.1 Å². The zero-order valence-corrected chi connectivity index (χ0v) is 15.8. The van der Waals surface area contributed by atoms with Gasteiger partial charge in [0.15, 0.2) is 0 Å². The van der Waals surface area contributed by atoms with Crippen molar-refractivity contribution >= 4 is 22.1 Å². The normalized spacial score (nSPS) is 13.8. The molecule has 0 N–H and O–H groups in total. The number of hydrogen-bond donors (Lipinski definition) is 0. The fourth-order valence-corrected chi connectivity index (χ4v) is 3.95. The van der Waals surface area contributed by atoms with Crippen LogP contribution in [0.3, 0.4) is 0 Å². The summed E-state index contributed by atoms with van der Waals surface area (Å²) in [5, 5.41) is 3.63. The number of fused-ring (bicyclic) bond motifs is 2. The zero-order valence-electron chi connectivity index (χ0n) is 15.8. The minimum absolute atomic E-state index is 0.0109. The lowest BCUT2D eigenvalue weighted by atomic mass is 10.3. The largest absolute Gasteiger partial charge is 0.329 e. The van der Waals surface area contributed by atoms with E-state index < -0.39 is 0 Å². The molecule has 5 rings (SSSR count). The van der Waals surface area contributed by atoms with Gasteiger partial charge in [-0.15, -0.1) is 0 Å². The molecular weight excluding hydrogens is 368 g/mol. The van der Waals surface area contributed by atoms with Crippen molar-refractivity contribution in [3.05, 3.63) is 69.5 Å². The summed E-state index contributed by atoms with van der Waals surface area (Å²) >= 11 is 0. The molecule has 0 aliphatic heterocycles. The van der Waals surface area contributed by atoms with Gasteiger partial charge < -0.3 is 4.57 Å². The molecule has 0 unspecified atom stereocenters. The molecule has 0 bridgehead atoms.